The highest BCUT2D eigenvalue weighted by Crippen LogP contribution is 2.33. The summed E-state index contributed by atoms with van der Waals surface area (Å²) in [5.74, 6) is 0.0824. The predicted molar refractivity (Wildman–Crippen MR) is 143 cm³/mol. The maximum Gasteiger partial charge on any atom is 0.270 e. The van der Waals surface area contributed by atoms with Gasteiger partial charge in [-0.15, -0.1) is 0 Å². The highest BCUT2D eigenvalue weighted by molar-refractivity contribution is 6.09. The molecule has 1 saturated heterocycles. The molecule has 1 fully saturated rings. The molecule has 11 heteroatoms. The van der Waals surface area contributed by atoms with Gasteiger partial charge in [0.1, 0.15) is 12.3 Å². The Bertz CT molecular complexity index is 1520. The summed E-state index contributed by atoms with van der Waals surface area (Å²) in [5, 5.41) is 14.9. The Kier molecular flexibility index (Phi) is 6.81. The first kappa shape index (κ1) is 26.0. The van der Waals surface area contributed by atoms with E-state index >= 15 is 0 Å². The first-order valence-electron chi connectivity index (χ1n) is 12.6. The van der Waals surface area contributed by atoms with Gasteiger partial charge in [0.25, 0.3) is 11.6 Å². The number of hydrogen-bond donors (Lipinski definition) is 1. The number of non-ortho nitro benzene ring substituents is 1. The van der Waals surface area contributed by atoms with Crippen LogP contribution in [0.3, 0.4) is 0 Å². The number of fused-ring (bicyclic) bond motifs is 2. The number of methoxy groups -OCH3 is 1. The van der Waals surface area contributed by atoms with Crippen molar-refractivity contribution in [3.63, 3.8) is 0 Å². The number of carbonyl (C=O) groups is 3. The van der Waals surface area contributed by atoms with E-state index in [0.29, 0.717) is 54.8 Å². The summed E-state index contributed by atoms with van der Waals surface area (Å²) < 4.78 is 7.19. The maximum atomic E-state index is 13.9. The lowest BCUT2D eigenvalue weighted by atomic mass is 9.97. The van der Waals surface area contributed by atoms with Crippen molar-refractivity contribution in [3.8, 4) is 5.75 Å². The maximum absolute atomic E-state index is 13.9. The standard InChI is InChI=1S/C28H29N5O6/c1-4-26(35)31-14-19(15-31)29-25(34)16-32-17(2)27(22-12-20(33(37)38)8-9-23(22)32)28(36)30-11-10-21-18(13-30)6-5-7-24(21)39-3/h4-9,12,19H,1,10-11,13-16H2,2-3H3,(H,29,34). The van der Waals surface area contributed by atoms with Crippen molar-refractivity contribution >= 4 is 34.3 Å². The van der Waals surface area contributed by atoms with Gasteiger partial charge in [-0.1, -0.05) is 18.7 Å². The van der Waals surface area contributed by atoms with Gasteiger partial charge in [0, 0.05) is 55.0 Å². The van der Waals surface area contributed by atoms with Crippen LogP contribution in [0.1, 0.15) is 27.2 Å². The molecule has 2 aromatic carbocycles. The molecule has 2 aliphatic rings. The van der Waals surface area contributed by atoms with Crippen molar-refractivity contribution in [2.75, 3.05) is 26.7 Å². The van der Waals surface area contributed by atoms with Gasteiger partial charge in [-0.2, -0.15) is 0 Å². The zero-order valence-corrected chi connectivity index (χ0v) is 21.8. The summed E-state index contributed by atoms with van der Waals surface area (Å²) >= 11 is 0. The highest BCUT2D eigenvalue weighted by atomic mass is 16.6. The third kappa shape index (κ3) is 4.71. The van der Waals surface area contributed by atoms with E-state index in [9.17, 15) is 24.5 Å². The molecule has 11 nitrogen and oxygen atoms in total. The number of nitrogens with one attached hydrogen (secondary N) is 1. The number of nitrogens with zero attached hydrogens (tertiary/aromatic N) is 4. The van der Waals surface area contributed by atoms with Crippen LogP contribution in [-0.4, -0.2) is 69.8 Å². The molecule has 202 valence electrons. The summed E-state index contributed by atoms with van der Waals surface area (Å²) in [4.78, 5) is 52.9. The molecule has 2 aliphatic heterocycles. The number of amides is 3. The number of benzene rings is 2. The number of nitro groups is 1. The first-order chi connectivity index (χ1) is 18.7. The molecule has 1 aromatic heterocycles. The SMILES string of the molecule is C=CC(=O)N1CC(NC(=O)Cn2c(C)c(C(=O)N3CCc4c(cccc4OC)C3)c3cc([N+](=O)[O-])ccc32)C1. The second kappa shape index (κ2) is 10.2. The van der Waals surface area contributed by atoms with Crippen LogP contribution in [0.5, 0.6) is 5.75 Å². The second-order valence-corrected chi connectivity index (χ2v) is 9.79. The van der Waals surface area contributed by atoms with Crippen molar-refractivity contribution < 1.29 is 24.0 Å². The fraction of sp³-hybridized carbons (Fsp3) is 0.321. The van der Waals surface area contributed by atoms with Crippen LogP contribution in [0.4, 0.5) is 5.69 Å². The fourth-order valence-corrected chi connectivity index (χ4v) is 5.45. The smallest absolute Gasteiger partial charge is 0.270 e. The largest absolute Gasteiger partial charge is 0.496 e. The Morgan fingerprint density at radius 1 is 1.21 bits per heavy atom. The second-order valence-electron chi connectivity index (χ2n) is 9.79. The van der Waals surface area contributed by atoms with Gasteiger partial charge in [0.05, 0.1) is 29.2 Å². The van der Waals surface area contributed by atoms with Crippen LogP contribution in [0.15, 0.2) is 49.1 Å². The third-order valence-electron chi connectivity index (χ3n) is 7.50. The van der Waals surface area contributed by atoms with E-state index in [1.54, 1.807) is 34.5 Å². The molecular formula is C28H29N5O6. The van der Waals surface area contributed by atoms with Crippen LogP contribution in [0, 0.1) is 17.0 Å². The van der Waals surface area contributed by atoms with E-state index in [1.807, 2.05) is 18.2 Å². The minimum absolute atomic E-state index is 0.0701. The highest BCUT2D eigenvalue weighted by Gasteiger charge is 2.32. The minimum atomic E-state index is -0.497. The van der Waals surface area contributed by atoms with E-state index in [-0.39, 0.29) is 36.0 Å². The van der Waals surface area contributed by atoms with Gasteiger partial charge in [0.15, 0.2) is 0 Å². The van der Waals surface area contributed by atoms with Gasteiger partial charge in [-0.3, -0.25) is 24.5 Å². The zero-order valence-electron chi connectivity index (χ0n) is 21.8. The Morgan fingerprint density at radius 2 is 1.97 bits per heavy atom. The van der Waals surface area contributed by atoms with E-state index in [0.717, 1.165) is 16.9 Å². The number of nitro benzene ring substituents is 1. The van der Waals surface area contributed by atoms with Crippen molar-refractivity contribution in [1.82, 2.24) is 19.7 Å². The normalized spacial score (nSPS) is 14.9. The molecule has 0 spiro atoms. The van der Waals surface area contributed by atoms with Crippen LogP contribution in [0.2, 0.25) is 0 Å². The summed E-state index contributed by atoms with van der Waals surface area (Å²) in [6.45, 7) is 6.81. The Hall–Kier alpha value is -4.67. The van der Waals surface area contributed by atoms with Crippen LogP contribution in [-0.2, 0) is 29.1 Å². The molecule has 3 aromatic rings. The molecule has 5 rings (SSSR count). The molecule has 39 heavy (non-hydrogen) atoms. The summed E-state index contributed by atoms with van der Waals surface area (Å²) in [5.41, 5.74) is 3.39. The Balaban J connectivity index is 1.44. The number of ether oxygens (including phenoxy) is 1. The van der Waals surface area contributed by atoms with Gasteiger partial charge in [-0.25, -0.2) is 0 Å². The van der Waals surface area contributed by atoms with E-state index in [1.165, 1.54) is 18.2 Å². The molecular weight excluding hydrogens is 502 g/mol. The van der Waals surface area contributed by atoms with E-state index in [2.05, 4.69) is 11.9 Å². The lowest BCUT2D eigenvalue weighted by Crippen LogP contribution is -2.61. The van der Waals surface area contributed by atoms with Gasteiger partial charge >= 0.3 is 0 Å². The quantitative estimate of drug-likeness (QED) is 0.284. The lowest BCUT2D eigenvalue weighted by Gasteiger charge is -2.38. The van der Waals surface area contributed by atoms with E-state index in [4.69, 9.17) is 4.74 Å². The fourth-order valence-electron chi connectivity index (χ4n) is 5.45. The summed E-state index contributed by atoms with van der Waals surface area (Å²) in [7, 11) is 1.62. The van der Waals surface area contributed by atoms with Gasteiger partial charge in [-0.05, 0) is 37.1 Å². The summed E-state index contributed by atoms with van der Waals surface area (Å²) in [6, 6.07) is 9.93. The topological polar surface area (TPSA) is 127 Å². The number of carbonyl (C=O) groups excluding carboxylic acids is 3. The minimum Gasteiger partial charge on any atom is -0.496 e. The molecule has 1 N–H and O–H groups in total. The molecule has 0 radical (unpaired) electrons. The zero-order chi connectivity index (χ0) is 27.8. The Labute approximate surface area is 224 Å². The van der Waals surface area contributed by atoms with Crippen LogP contribution < -0.4 is 10.1 Å². The number of rotatable bonds is 7. The Morgan fingerprint density at radius 3 is 2.67 bits per heavy atom. The molecule has 3 amide bonds. The van der Waals surface area contributed by atoms with Crippen molar-refractivity contribution in [2.45, 2.75) is 32.5 Å². The van der Waals surface area contributed by atoms with Gasteiger partial charge < -0.3 is 24.4 Å². The van der Waals surface area contributed by atoms with E-state index < -0.39 is 4.92 Å². The van der Waals surface area contributed by atoms with Crippen molar-refractivity contribution in [2.24, 2.45) is 0 Å². The number of hydrogen-bond acceptors (Lipinski definition) is 6. The third-order valence-corrected chi connectivity index (χ3v) is 7.50. The van der Waals surface area contributed by atoms with Crippen molar-refractivity contribution in [3.05, 3.63) is 81.6 Å². The average molecular weight is 532 g/mol. The first-order valence-corrected chi connectivity index (χ1v) is 12.6. The van der Waals surface area contributed by atoms with Crippen molar-refractivity contribution in [1.29, 1.82) is 0 Å². The van der Waals surface area contributed by atoms with Crippen LogP contribution >= 0.6 is 0 Å². The molecule has 0 bridgehead atoms. The molecule has 0 unspecified atom stereocenters. The lowest BCUT2D eigenvalue weighted by molar-refractivity contribution is -0.384. The predicted octanol–water partition coefficient (Wildman–Crippen LogP) is 2.58. The molecule has 0 atom stereocenters. The number of aromatic nitrogens is 1. The number of likely N-dealkylation sites (tertiary alicyclic amines) is 1. The van der Waals surface area contributed by atoms with Gasteiger partial charge in [0.2, 0.25) is 11.8 Å². The average Bonchev–Trinajstić information content (AvgIpc) is 3.18. The molecule has 0 aliphatic carbocycles. The molecule has 3 heterocycles. The molecule has 0 saturated carbocycles. The monoisotopic (exact) mass is 531 g/mol. The summed E-state index contributed by atoms with van der Waals surface area (Å²) in [6.07, 6.45) is 1.86. The van der Waals surface area contributed by atoms with Crippen LogP contribution in [0.25, 0.3) is 10.9 Å².